The lowest BCUT2D eigenvalue weighted by Crippen LogP contribution is -2.30. The first kappa shape index (κ1) is 11.2. The van der Waals surface area contributed by atoms with Crippen LogP contribution in [0.1, 0.15) is 24.7 Å². The maximum atomic E-state index is 8.95. The van der Waals surface area contributed by atoms with Gasteiger partial charge in [-0.3, -0.25) is 0 Å². The Hall–Kier alpha value is -1.86. The molecule has 1 aromatic carbocycles. The van der Waals surface area contributed by atoms with Crippen molar-refractivity contribution in [1.29, 1.82) is 5.26 Å². The van der Waals surface area contributed by atoms with Crippen molar-refractivity contribution < 1.29 is 0 Å². The van der Waals surface area contributed by atoms with Crippen LogP contribution in [0.15, 0.2) is 24.3 Å². The second kappa shape index (κ2) is 4.79. The molecule has 2 aromatic rings. The van der Waals surface area contributed by atoms with Gasteiger partial charge in [0.05, 0.1) is 23.5 Å². The molecule has 0 radical (unpaired) electrons. The van der Waals surface area contributed by atoms with Crippen molar-refractivity contribution in [2.45, 2.75) is 25.3 Å². The molecule has 4 nitrogen and oxygen atoms in total. The second-order valence-electron chi connectivity index (χ2n) is 4.70. The predicted molar refractivity (Wildman–Crippen MR) is 70.2 cm³/mol. The first-order valence-corrected chi connectivity index (χ1v) is 6.43. The van der Waals surface area contributed by atoms with Gasteiger partial charge in [-0.05, 0) is 38.1 Å². The quantitative estimate of drug-likeness (QED) is 0.873. The SMILES string of the molecule is N#CCc1nc2ccccc2n1C1CCNCC1. The zero-order valence-electron chi connectivity index (χ0n) is 10.3. The van der Waals surface area contributed by atoms with Crippen LogP contribution in [0.5, 0.6) is 0 Å². The number of fused-ring (bicyclic) bond motifs is 1. The lowest BCUT2D eigenvalue weighted by atomic mass is 10.1. The van der Waals surface area contributed by atoms with Crippen LogP contribution in [0.3, 0.4) is 0 Å². The van der Waals surface area contributed by atoms with E-state index in [0.29, 0.717) is 12.5 Å². The van der Waals surface area contributed by atoms with Gasteiger partial charge >= 0.3 is 0 Å². The highest BCUT2D eigenvalue weighted by Crippen LogP contribution is 2.26. The van der Waals surface area contributed by atoms with Crippen LogP contribution < -0.4 is 5.32 Å². The molecule has 1 saturated heterocycles. The monoisotopic (exact) mass is 240 g/mol. The van der Waals surface area contributed by atoms with Crippen molar-refractivity contribution in [3.05, 3.63) is 30.1 Å². The fourth-order valence-electron chi connectivity index (χ4n) is 2.76. The van der Waals surface area contributed by atoms with Gasteiger partial charge in [0.1, 0.15) is 5.82 Å². The molecule has 0 bridgehead atoms. The number of nitriles is 1. The highest BCUT2D eigenvalue weighted by atomic mass is 15.1. The molecule has 0 saturated carbocycles. The summed E-state index contributed by atoms with van der Waals surface area (Å²) in [6.07, 6.45) is 2.61. The van der Waals surface area contributed by atoms with Crippen molar-refractivity contribution in [3.8, 4) is 6.07 Å². The number of nitrogens with one attached hydrogen (secondary N) is 1. The van der Waals surface area contributed by atoms with Crippen LogP contribution in [-0.2, 0) is 6.42 Å². The number of benzene rings is 1. The van der Waals surface area contributed by atoms with Gasteiger partial charge in [0.25, 0.3) is 0 Å². The van der Waals surface area contributed by atoms with E-state index in [0.717, 1.165) is 42.8 Å². The van der Waals surface area contributed by atoms with Gasteiger partial charge < -0.3 is 9.88 Å². The molecule has 1 aromatic heterocycles. The largest absolute Gasteiger partial charge is 0.324 e. The summed E-state index contributed by atoms with van der Waals surface area (Å²) in [7, 11) is 0. The minimum Gasteiger partial charge on any atom is -0.324 e. The second-order valence-corrected chi connectivity index (χ2v) is 4.70. The van der Waals surface area contributed by atoms with E-state index in [1.807, 2.05) is 18.2 Å². The van der Waals surface area contributed by atoms with Gasteiger partial charge in [0.2, 0.25) is 0 Å². The smallest absolute Gasteiger partial charge is 0.124 e. The molecule has 92 valence electrons. The maximum absolute atomic E-state index is 8.95. The van der Waals surface area contributed by atoms with Crippen molar-refractivity contribution >= 4 is 11.0 Å². The zero-order valence-corrected chi connectivity index (χ0v) is 10.3. The first-order chi connectivity index (χ1) is 8.90. The van der Waals surface area contributed by atoms with Crippen LogP contribution in [0.4, 0.5) is 0 Å². The predicted octanol–water partition coefficient (Wildman–Crippen LogP) is 2.03. The summed E-state index contributed by atoms with van der Waals surface area (Å²) in [4.78, 5) is 4.60. The van der Waals surface area contributed by atoms with E-state index < -0.39 is 0 Å². The Bertz CT molecular complexity index is 587. The van der Waals surface area contributed by atoms with Crippen molar-refractivity contribution in [2.75, 3.05) is 13.1 Å². The average molecular weight is 240 g/mol. The lowest BCUT2D eigenvalue weighted by molar-refractivity contribution is 0.368. The molecule has 1 aliphatic rings. The first-order valence-electron chi connectivity index (χ1n) is 6.43. The Morgan fingerprint density at radius 2 is 2.11 bits per heavy atom. The van der Waals surface area contributed by atoms with E-state index in [4.69, 9.17) is 5.26 Å². The van der Waals surface area contributed by atoms with Gasteiger partial charge in [-0.1, -0.05) is 12.1 Å². The van der Waals surface area contributed by atoms with Crippen molar-refractivity contribution in [2.24, 2.45) is 0 Å². The Morgan fingerprint density at radius 3 is 2.89 bits per heavy atom. The summed E-state index contributed by atoms with van der Waals surface area (Å²) in [6.45, 7) is 2.09. The molecule has 1 N–H and O–H groups in total. The molecule has 0 amide bonds. The molecule has 0 spiro atoms. The maximum Gasteiger partial charge on any atom is 0.124 e. The Balaban J connectivity index is 2.11. The number of rotatable bonds is 2. The lowest BCUT2D eigenvalue weighted by Gasteiger charge is -2.26. The van der Waals surface area contributed by atoms with Crippen LogP contribution >= 0.6 is 0 Å². The molecule has 0 unspecified atom stereocenters. The highest BCUT2D eigenvalue weighted by Gasteiger charge is 2.20. The molecule has 2 heterocycles. The van der Waals surface area contributed by atoms with Crippen LogP contribution in [-0.4, -0.2) is 22.6 Å². The molecule has 4 heteroatoms. The number of nitrogens with zero attached hydrogens (tertiary/aromatic N) is 3. The van der Waals surface area contributed by atoms with Crippen molar-refractivity contribution in [3.63, 3.8) is 0 Å². The zero-order chi connectivity index (χ0) is 12.4. The fourth-order valence-corrected chi connectivity index (χ4v) is 2.76. The highest BCUT2D eigenvalue weighted by molar-refractivity contribution is 5.76. The minimum atomic E-state index is 0.388. The topological polar surface area (TPSA) is 53.6 Å². The Labute approximate surface area is 106 Å². The molecule has 0 atom stereocenters. The van der Waals surface area contributed by atoms with Gasteiger partial charge in [-0.2, -0.15) is 5.26 Å². The Kier molecular flexibility index (Phi) is 2.99. The third-order valence-electron chi connectivity index (χ3n) is 3.58. The summed E-state index contributed by atoms with van der Waals surface area (Å²) in [5.74, 6) is 0.908. The summed E-state index contributed by atoms with van der Waals surface area (Å²) in [5.41, 5.74) is 2.16. The third kappa shape index (κ3) is 1.87. The number of aromatic nitrogens is 2. The van der Waals surface area contributed by atoms with Crippen LogP contribution in [0.25, 0.3) is 11.0 Å². The molecule has 0 aliphatic carbocycles. The number of piperidine rings is 1. The molecule has 1 fully saturated rings. The van der Waals surface area contributed by atoms with Gasteiger partial charge in [0.15, 0.2) is 0 Å². The summed E-state index contributed by atoms with van der Waals surface area (Å²) in [5, 5.41) is 12.3. The summed E-state index contributed by atoms with van der Waals surface area (Å²) >= 11 is 0. The third-order valence-corrected chi connectivity index (χ3v) is 3.58. The molecular formula is C14H16N4. The number of hydrogen-bond donors (Lipinski definition) is 1. The van der Waals surface area contributed by atoms with Gasteiger partial charge in [0, 0.05) is 6.04 Å². The number of hydrogen-bond acceptors (Lipinski definition) is 3. The molecule has 18 heavy (non-hydrogen) atoms. The van der Waals surface area contributed by atoms with Gasteiger partial charge in [-0.15, -0.1) is 0 Å². The van der Waals surface area contributed by atoms with Crippen LogP contribution in [0.2, 0.25) is 0 Å². The van der Waals surface area contributed by atoms with E-state index in [-0.39, 0.29) is 0 Å². The van der Waals surface area contributed by atoms with E-state index in [2.05, 4.69) is 27.0 Å². The molecule has 3 rings (SSSR count). The minimum absolute atomic E-state index is 0.388. The van der Waals surface area contributed by atoms with Crippen LogP contribution in [0, 0.1) is 11.3 Å². The Morgan fingerprint density at radius 1 is 1.33 bits per heavy atom. The summed E-state index contributed by atoms with van der Waals surface area (Å²) in [6, 6.07) is 10.9. The van der Waals surface area contributed by atoms with Gasteiger partial charge in [-0.25, -0.2) is 4.98 Å². The summed E-state index contributed by atoms with van der Waals surface area (Å²) < 4.78 is 2.28. The average Bonchev–Trinajstić information content (AvgIpc) is 2.78. The normalized spacial score (nSPS) is 16.8. The van der Waals surface area contributed by atoms with Crippen molar-refractivity contribution in [1.82, 2.24) is 14.9 Å². The number of imidazole rings is 1. The number of para-hydroxylation sites is 2. The standard InChI is InChI=1S/C14H16N4/c15-8-5-14-17-12-3-1-2-4-13(12)18(14)11-6-9-16-10-7-11/h1-4,11,16H,5-7,9-10H2. The van der Waals surface area contributed by atoms with E-state index in [1.54, 1.807) is 0 Å². The fraction of sp³-hybridized carbons (Fsp3) is 0.429. The van der Waals surface area contributed by atoms with E-state index in [1.165, 1.54) is 0 Å². The molecule has 1 aliphatic heterocycles. The molecular weight excluding hydrogens is 224 g/mol. The van der Waals surface area contributed by atoms with E-state index >= 15 is 0 Å². The van der Waals surface area contributed by atoms with E-state index in [9.17, 15) is 0 Å².